The molecular weight excluding hydrogens is 226 g/mol. The van der Waals surface area contributed by atoms with Crippen LogP contribution in [0, 0.1) is 6.92 Å². The summed E-state index contributed by atoms with van der Waals surface area (Å²) in [6, 6.07) is 2.30. The molecule has 0 aliphatic heterocycles. The largest absolute Gasteiger partial charge is 0.373 e. The standard InChI is InChI=1S/C13H25N5/c1-6-18(7-2)9-10(3)15-13-8-12(14-5)16-11(4)17-13/h8,10H,6-7,9H2,1-5H3,(H2,14,15,16,17). The van der Waals surface area contributed by atoms with E-state index in [1.54, 1.807) is 0 Å². The highest BCUT2D eigenvalue weighted by Gasteiger charge is 2.08. The third kappa shape index (κ3) is 4.49. The van der Waals surface area contributed by atoms with Crippen molar-refractivity contribution < 1.29 is 0 Å². The lowest BCUT2D eigenvalue weighted by atomic mass is 10.3. The number of hydrogen-bond acceptors (Lipinski definition) is 5. The van der Waals surface area contributed by atoms with Crippen molar-refractivity contribution >= 4 is 11.6 Å². The minimum Gasteiger partial charge on any atom is -0.373 e. The molecule has 102 valence electrons. The fourth-order valence-electron chi connectivity index (χ4n) is 1.94. The molecule has 5 heteroatoms. The average molecular weight is 251 g/mol. The smallest absolute Gasteiger partial charge is 0.132 e. The van der Waals surface area contributed by atoms with Crippen molar-refractivity contribution in [1.82, 2.24) is 14.9 Å². The fraction of sp³-hybridized carbons (Fsp3) is 0.692. The van der Waals surface area contributed by atoms with Crippen molar-refractivity contribution in [3.63, 3.8) is 0 Å². The first-order chi connectivity index (χ1) is 8.58. The van der Waals surface area contributed by atoms with Crippen LogP contribution in [0.5, 0.6) is 0 Å². The van der Waals surface area contributed by atoms with Crippen LogP contribution in [0.25, 0.3) is 0 Å². The van der Waals surface area contributed by atoms with Gasteiger partial charge in [0.05, 0.1) is 0 Å². The summed E-state index contributed by atoms with van der Waals surface area (Å²) in [6.07, 6.45) is 0. The second-order valence-corrected chi connectivity index (χ2v) is 4.47. The zero-order chi connectivity index (χ0) is 13.5. The first-order valence-corrected chi connectivity index (χ1v) is 6.61. The fourth-order valence-corrected chi connectivity index (χ4v) is 1.94. The molecule has 1 aromatic rings. The number of nitrogens with zero attached hydrogens (tertiary/aromatic N) is 3. The van der Waals surface area contributed by atoms with E-state index in [-0.39, 0.29) is 0 Å². The van der Waals surface area contributed by atoms with E-state index in [0.29, 0.717) is 6.04 Å². The summed E-state index contributed by atoms with van der Waals surface area (Å²) in [4.78, 5) is 11.1. The molecule has 1 aromatic heterocycles. The van der Waals surface area contributed by atoms with Crippen LogP contribution in [-0.2, 0) is 0 Å². The van der Waals surface area contributed by atoms with E-state index in [1.807, 2.05) is 20.0 Å². The summed E-state index contributed by atoms with van der Waals surface area (Å²) in [5.41, 5.74) is 0. The molecule has 0 aliphatic carbocycles. The molecule has 5 nitrogen and oxygen atoms in total. The monoisotopic (exact) mass is 251 g/mol. The Morgan fingerprint density at radius 2 is 1.83 bits per heavy atom. The lowest BCUT2D eigenvalue weighted by Gasteiger charge is -2.23. The Morgan fingerprint density at radius 3 is 2.39 bits per heavy atom. The van der Waals surface area contributed by atoms with Gasteiger partial charge in [0.15, 0.2) is 0 Å². The van der Waals surface area contributed by atoms with E-state index >= 15 is 0 Å². The van der Waals surface area contributed by atoms with Gasteiger partial charge < -0.3 is 15.5 Å². The number of aromatic nitrogens is 2. The molecule has 0 radical (unpaired) electrons. The summed E-state index contributed by atoms with van der Waals surface area (Å²) in [7, 11) is 1.87. The van der Waals surface area contributed by atoms with E-state index < -0.39 is 0 Å². The Balaban J connectivity index is 2.63. The summed E-state index contributed by atoms with van der Waals surface area (Å²) in [5.74, 6) is 2.51. The number of nitrogens with one attached hydrogen (secondary N) is 2. The van der Waals surface area contributed by atoms with Crippen molar-refractivity contribution in [1.29, 1.82) is 0 Å². The second kappa shape index (κ2) is 7.16. The number of hydrogen-bond donors (Lipinski definition) is 2. The molecule has 0 saturated carbocycles. The summed E-state index contributed by atoms with van der Waals surface area (Å²) in [5, 5.41) is 6.47. The van der Waals surface area contributed by atoms with Crippen molar-refractivity contribution in [3.8, 4) is 0 Å². The molecule has 18 heavy (non-hydrogen) atoms. The summed E-state index contributed by atoms with van der Waals surface area (Å²) >= 11 is 0. The average Bonchev–Trinajstić information content (AvgIpc) is 2.35. The van der Waals surface area contributed by atoms with Gasteiger partial charge in [-0.05, 0) is 26.9 Å². The van der Waals surface area contributed by atoms with Gasteiger partial charge >= 0.3 is 0 Å². The summed E-state index contributed by atoms with van der Waals surface area (Å²) < 4.78 is 0. The molecule has 1 rings (SSSR count). The predicted octanol–water partition coefficient (Wildman–Crippen LogP) is 1.97. The first-order valence-electron chi connectivity index (χ1n) is 6.61. The number of rotatable bonds is 7. The highest BCUT2D eigenvalue weighted by atomic mass is 15.2. The maximum Gasteiger partial charge on any atom is 0.132 e. The second-order valence-electron chi connectivity index (χ2n) is 4.47. The van der Waals surface area contributed by atoms with Gasteiger partial charge in [-0.2, -0.15) is 0 Å². The van der Waals surface area contributed by atoms with Crippen LogP contribution in [0.3, 0.4) is 0 Å². The Labute approximate surface area is 110 Å². The third-order valence-electron chi connectivity index (χ3n) is 2.91. The highest BCUT2D eigenvalue weighted by molar-refractivity contribution is 5.47. The molecule has 0 fully saturated rings. The van der Waals surface area contributed by atoms with Crippen molar-refractivity contribution in [2.24, 2.45) is 0 Å². The van der Waals surface area contributed by atoms with Crippen LogP contribution >= 0.6 is 0 Å². The van der Waals surface area contributed by atoms with Gasteiger partial charge in [0, 0.05) is 25.7 Å². The van der Waals surface area contributed by atoms with Gasteiger partial charge in [0.2, 0.25) is 0 Å². The Hall–Kier alpha value is -1.36. The Bertz CT molecular complexity index is 362. The lowest BCUT2D eigenvalue weighted by Crippen LogP contribution is -2.35. The molecule has 0 aromatic carbocycles. The Kier molecular flexibility index (Phi) is 5.85. The van der Waals surface area contributed by atoms with Gasteiger partial charge in [-0.3, -0.25) is 0 Å². The van der Waals surface area contributed by atoms with Gasteiger partial charge in [-0.25, -0.2) is 9.97 Å². The molecule has 1 atom stereocenters. The van der Waals surface area contributed by atoms with E-state index in [0.717, 1.165) is 37.1 Å². The lowest BCUT2D eigenvalue weighted by molar-refractivity contribution is 0.294. The summed E-state index contributed by atoms with van der Waals surface area (Å²) in [6.45, 7) is 11.6. The van der Waals surface area contributed by atoms with Crippen LogP contribution in [0.4, 0.5) is 11.6 Å². The van der Waals surface area contributed by atoms with Crippen LogP contribution in [0.15, 0.2) is 6.07 Å². The van der Waals surface area contributed by atoms with E-state index in [4.69, 9.17) is 0 Å². The van der Waals surface area contributed by atoms with Crippen LogP contribution in [0.1, 0.15) is 26.6 Å². The molecular formula is C13H25N5. The van der Waals surface area contributed by atoms with E-state index in [9.17, 15) is 0 Å². The molecule has 2 N–H and O–H groups in total. The highest BCUT2D eigenvalue weighted by Crippen LogP contribution is 2.11. The first kappa shape index (κ1) is 14.7. The number of aryl methyl sites for hydroxylation is 1. The molecule has 1 heterocycles. The van der Waals surface area contributed by atoms with Crippen LogP contribution in [-0.4, -0.2) is 47.6 Å². The van der Waals surface area contributed by atoms with Crippen LogP contribution in [0.2, 0.25) is 0 Å². The predicted molar refractivity (Wildman–Crippen MR) is 77.2 cm³/mol. The molecule has 0 saturated heterocycles. The zero-order valence-corrected chi connectivity index (χ0v) is 12.1. The SMILES string of the molecule is CCN(CC)CC(C)Nc1cc(NC)nc(C)n1. The van der Waals surface area contributed by atoms with Gasteiger partial charge in [-0.1, -0.05) is 13.8 Å². The Morgan fingerprint density at radius 1 is 1.22 bits per heavy atom. The zero-order valence-electron chi connectivity index (χ0n) is 12.1. The van der Waals surface area contributed by atoms with E-state index in [1.165, 1.54) is 0 Å². The van der Waals surface area contributed by atoms with E-state index in [2.05, 4.69) is 46.3 Å². The maximum absolute atomic E-state index is 4.40. The van der Waals surface area contributed by atoms with Gasteiger partial charge in [-0.15, -0.1) is 0 Å². The molecule has 0 aliphatic rings. The minimum atomic E-state index is 0.365. The molecule has 0 bridgehead atoms. The third-order valence-corrected chi connectivity index (χ3v) is 2.91. The maximum atomic E-state index is 4.40. The number of anilines is 2. The number of likely N-dealkylation sites (N-methyl/N-ethyl adjacent to an activating group) is 1. The quantitative estimate of drug-likeness (QED) is 0.776. The van der Waals surface area contributed by atoms with Gasteiger partial charge in [0.1, 0.15) is 17.5 Å². The normalized spacial score (nSPS) is 12.6. The van der Waals surface area contributed by atoms with Crippen LogP contribution < -0.4 is 10.6 Å². The van der Waals surface area contributed by atoms with Crippen molar-refractivity contribution in [2.75, 3.05) is 37.3 Å². The molecule has 0 amide bonds. The minimum absolute atomic E-state index is 0.365. The molecule has 0 spiro atoms. The van der Waals surface area contributed by atoms with Crippen molar-refractivity contribution in [3.05, 3.63) is 11.9 Å². The van der Waals surface area contributed by atoms with Gasteiger partial charge in [0.25, 0.3) is 0 Å². The van der Waals surface area contributed by atoms with Crippen molar-refractivity contribution in [2.45, 2.75) is 33.7 Å². The molecule has 1 unspecified atom stereocenters. The topological polar surface area (TPSA) is 53.1 Å².